The molecule has 2 amide bonds. The molecule has 0 atom stereocenters. The highest BCUT2D eigenvalue weighted by atomic mass is 16.6. The molecule has 1 N–H and O–H groups in total. The molecule has 2 heterocycles. The first-order valence-corrected chi connectivity index (χ1v) is 9.91. The van der Waals surface area contributed by atoms with Gasteiger partial charge in [0.05, 0.1) is 6.61 Å². The second-order valence-corrected chi connectivity index (χ2v) is 6.83. The number of nitrogens with one attached hydrogen (secondary N) is 1. The molecule has 2 aromatic rings. The first-order chi connectivity index (χ1) is 14.1. The zero-order valence-corrected chi connectivity index (χ0v) is 16.9. The molecule has 3 rings (SSSR count). The standard InChI is InChI=1S/C21H27N5O3/c1-3-29-21(28)26-13-11-25(12-14-26)20(27)18-15-19(24-16(2)23-18)22-10-9-17-7-5-4-6-8-17/h4-8,15H,3,9-14H2,1-2H3,(H,22,23,24). The van der Waals surface area contributed by atoms with E-state index in [-0.39, 0.29) is 12.0 Å². The largest absolute Gasteiger partial charge is 0.450 e. The molecule has 0 bridgehead atoms. The lowest BCUT2D eigenvalue weighted by atomic mass is 10.1. The van der Waals surface area contributed by atoms with E-state index in [0.717, 1.165) is 6.42 Å². The van der Waals surface area contributed by atoms with Crippen LogP contribution in [-0.2, 0) is 11.2 Å². The van der Waals surface area contributed by atoms with Gasteiger partial charge in [-0.05, 0) is 25.8 Å². The SMILES string of the molecule is CCOC(=O)N1CCN(C(=O)c2cc(NCCc3ccccc3)nc(C)n2)CC1. The Balaban J connectivity index is 1.57. The summed E-state index contributed by atoms with van der Waals surface area (Å²) in [5.74, 6) is 1.04. The Hall–Kier alpha value is -3.16. The third kappa shape index (κ3) is 5.66. The summed E-state index contributed by atoms with van der Waals surface area (Å²) in [7, 11) is 0. The van der Waals surface area contributed by atoms with Gasteiger partial charge in [0.1, 0.15) is 17.3 Å². The van der Waals surface area contributed by atoms with Crippen LogP contribution < -0.4 is 5.32 Å². The zero-order valence-electron chi connectivity index (χ0n) is 16.9. The third-order valence-corrected chi connectivity index (χ3v) is 4.71. The van der Waals surface area contributed by atoms with Crippen molar-refractivity contribution in [2.45, 2.75) is 20.3 Å². The second-order valence-electron chi connectivity index (χ2n) is 6.83. The molecule has 0 unspecified atom stereocenters. The molecule has 1 aliphatic rings. The molecular formula is C21H27N5O3. The number of hydrogen-bond acceptors (Lipinski definition) is 6. The van der Waals surface area contributed by atoms with Gasteiger partial charge in [0.25, 0.3) is 5.91 Å². The van der Waals surface area contributed by atoms with Crippen LogP contribution in [0.4, 0.5) is 10.6 Å². The van der Waals surface area contributed by atoms with Crippen molar-refractivity contribution in [3.05, 3.63) is 53.5 Å². The van der Waals surface area contributed by atoms with Gasteiger partial charge in [-0.15, -0.1) is 0 Å². The predicted octanol–water partition coefficient (Wildman–Crippen LogP) is 2.35. The third-order valence-electron chi connectivity index (χ3n) is 4.71. The summed E-state index contributed by atoms with van der Waals surface area (Å²) in [5.41, 5.74) is 1.60. The lowest BCUT2D eigenvalue weighted by Crippen LogP contribution is -2.50. The predicted molar refractivity (Wildman–Crippen MR) is 110 cm³/mol. The van der Waals surface area contributed by atoms with Gasteiger partial charge in [-0.3, -0.25) is 4.79 Å². The number of amides is 2. The second kappa shape index (κ2) is 9.86. The number of aromatic nitrogens is 2. The quantitative estimate of drug-likeness (QED) is 0.805. The molecule has 1 aliphatic heterocycles. The summed E-state index contributed by atoms with van der Waals surface area (Å²) >= 11 is 0. The van der Waals surface area contributed by atoms with Gasteiger partial charge in [-0.1, -0.05) is 30.3 Å². The summed E-state index contributed by atoms with van der Waals surface area (Å²) in [4.78, 5) is 36.7. The minimum Gasteiger partial charge on any atom is -0.450 e. The maximum absolute atomic E-state index is 12.9. The number of benzene rings is 1. The monoisotopic (exact) mass is 397 g/mol. The summed E-state index contributed by atoms with van der Waals surface area (Å²) < 4.78 is 5.02. The van der Waals surface area contributed by atoms with Crippen molar-refractivity contribution in [2.75, 3.05) is 44.6 Å². The number of piperazine rings is 1. The molecule has 29 heavy (non-hydrogen) atoms. The van der Waals surface area contributed by atoms with Gasteiger partial charge in [-0.2, -0.15) is 0 Å². The highest BCUT2D eigenvalue weighted by molar-refractivity contribution is 5.93. The first kappa shape index (κ1) is 20.6. The number of carbonyl (C=O) groups excluding carboxylic acids is 2. The van der Waals surface area contributed by atoms with Gasteiger partial charge in [0.2, 0.25) is 0 Å². The van der Waals surface area contributed by atoms with E-state index in [2.05, 4.69) is 27.4 Å². The van der Waals surface area contributed by atoms with Crippen LogP contribution in [-0.4, -0.2) is 71.1 Å². The molecule has 0 aliphatic carbocycles. The Morgan fingerprint density at radius 3 is 2.45 bits per heavy atom. The van der Waals surface area contributed by atoms with Gasteiger partial charge >= 0.3 is 6.09 Å². The number of hydrogen-bond donors (Lipinski definition) is 1. The lowest BCUT2D eigenvalue weighted by Gasteiger charge is -2.33. The smallest absolute Gasteiger partial charge is 0.409 e. The lowest BCUT2D eigenvalue weighted by molar-refractivity contribution is 0.0565. The van der Waals surface area contributed by atoms with Crippen LogP contribution >= 0.6 is 0 Å². The number of carbonyl (C=O) groups is 2. The molecule has 1 aromatic heterocycles. The molecule has 8 heteroatoms. The molecule has 1 saturated heterocycles. The summed E-state index contributed by atoms with van der Waals surface area (Å²) in [6.07, 6.45) is 0.533. The van der Waals surface area contributed by atoms with E-state index >= 15 is 0 Å². The van der Waals surface area contributed by atoms with Crippen molar-refractivity contribution in [3.8, 4) is 0 Å². The molecular weight excluding hydrogens is 370 g/mol. The maximum atomic E-state index is 12.9. The molecule has 1 fully saturated rings. The molecule has 1 aromatic carbocycles. The Morgan fingerprint density at radius 2 is 1.76 bits per heavy atom. The fourth-order valence-corrected chi connectivity index (χ4v) is 3.22. The van der Waals surface area contributed by atoms with E-state index in [4.69, 9.17) is 4.74 Å². The van der Waals surface area contributed by atoms with Crippen molar-refractivity contribution in [1.82, 2.24) is 19.8 Å². The molecule has 0 spiro atoms. The van der Waals surface area contributed by atoms with Crippen LogP contribution in [0.5, 0.6) is 0 Å². The van der Waals surface area contributed by atoms with Gasteiger partial charge < -0.3 is 19.9 Å². The molecule has 0 radical (unpaired) electrons. The highest BCUT2D eigenvalue weighted by Gasteiger charge is 2.26. The summed E-state index contributed by atoms with van der Waals surface area (Å²) in [6.45, 7) is 6.44. The molecule has 8 nitrogen and oxygen atoms in total. The maximum Gasteiger partial charge on any atom is 0.409 e. The van der Waals surface area contributed by atoms with Crippen LogP contribution in [0.1, 0.15) is 28.8 Å². The van der Waals surface area contributed by atoms with E-state index in [9.17, 15) is 9.59 Å². The van der Waals surface area contributed by atoms with Crippen molar-refractivity contribution in [3.63, 3.8) is 0 Å². The highest BCUT2D eigenvalue weighted by Crippen LogP contribution is 2.12. The number of ether oxygens (including phenoxy) is 1. The van der Waals surface area contributed by atoms with Crippen LogP contribution in [0.3, 0.4) is 0 Å². The van der Waals surface area contributed by atoms with Crippen molar-refractivity contribution < 1.29 is 14.3 Å². The Bertz CT molecular complexity index is 835. The minimum absolute atomic E-state index is 0.148. The summed E-state index contributed by atoms with van der Waals surface area (Å²) in [6, 6.07) is 11.9. The van der Waals surface area contributed by atoms with Gasteiger partial charge in [0.15, 0.2) is 0 Å². The fraction of sp³-hybridized carbons (Fsp3) is 0.429. The minimum atomic E-state index is -0.331. The Labute approximate surface area is 170 Å². The van der Waals surface area contributed by atoms with Crippen LogP contribution in [0.2, 0.25) is 0 Å². The molecule has 0 saturated carbocycles. The van der Waals surface area contributed by atoms with E-state index in [1.807, 2.05) is 18.2 Å². The van der Waals surface area contributed by atoms with E-state index < -0.39 is 0 Å². The van der Waals surface area contributed by atoms with Crippen LogP contribution in [0.25, 0.3) is 0 Å². The van der Waals surface area contributed by atoms with E-state index in [1.54, 1.807) is 29.7 Å². The van der Waals surface area contributed by atoms with Gasteiger partial charge in [0, 0.05) is 38.8 Å². The van der Waals surface area contributed by atoms with Crippen molar-refractivity contribution in [1.29, 1.82) is 0 Å². The van der Waals surface area contributed by atoms with Crippen molar-refractivity contribution in [2.24, 2.45) is 0 Å². The Kier molecular flexibility index (Phi) is 6.99. The van der Waals surface area contributed by atoms with Crippen LogP contribution in [0.15, 0.2) is 36.4 Å². The fourth-order valence-electron chi connectivity index (χ4n) is 3.22. The van der Waals surface area contributed by atoms with E-state index in [1.165, 1.54) is 5.56 Å². The Morgan fingerprint density at radius 1 is 1.07 bits per heavy atom. The number of nitrogens with zero attached hydrogens (tertiary/aromatic N) is 4. The van der Waals surface area contributed by atoms with Crippen LogP contribution in [0, 0.1) is 6.92 Å². The average molecular weight is 397 g/mol. The zero-order chi connectivity index (χ0) is 20.6. The average Bonchev–Trinajstić information content (AvgIpc) is 2.74. The normalized spacial score (nSPS) is 13.9. The topological polar surface area (TPSA) is 87.7 Å². The number of anilines is 1. The molecule has 154 valence electrons. The summed E-state index contributed by atoms with van der Waals surface area (Å²) in [5, 5.41) is 3.28. The number of rotatable bonds is 6. The van der Waals surface area contributed by atoms with Crippen molar-refractivity contribution >= 4 is 17.8 Å². The van der Waals surface area contributed by atoms with Gasteiger partial charge in [-0.25, -0.2) is 14.8 Å². The first-order valence-electron chi connectivity index (χ1n) is 9.91. The van der Waals surface area contributed by atoms with E-state index in [0.29, 0.717) is 56.7 Å². The number of aryl methyl sites for hydroxylation is 1.